The fraction of sp³-hybridized carbons (Fsp3) is 0.450. The highest BCUT2D eigenvalue weighted by molar-refractivity contribution is 5.99. The van der Waals surface area contributed by atoms with E-state index >= 15 is 0 Å². The fourth-order valence-electron chi connectivity index (χ4n) is 3.94. The number of hydrogen-bond acceptors (Lipinski definition) is 4. The molecule has 0 spiro atoms. The zero-order chi connectivity index (χ0) is 19.8. The molecule has 3 N–H and O–H groups in total. The summed E-state index contributed by atoms with van der Waals surface area (Å²) < 4.78 is 1.71. The van der Waals surface area contributed by atoms with Gasteiger partial charge in [0, 0.05) is 43.1 Å². The van der Waals surface area contributed by atoms with Gasteiger partial charge in [-0.15, -0.1) is 0 Å². The van der Waals surface area contributed by atoms with E-state index < -0.39 is 0 Å². The summed E-state index contributed by atoms with van der Waals surface area (Å²) in [7, 11) is 1.84. The molecule has 0 radical (unpaired) electrons. The predicted octanol–water partition coefficient (Wildman–Crippen LogP) is 1.50. The van der Waals surface area contributed by atoms with E-state index in [-0.39, 0.29) is 30.0 Å². The maximum Gasteiger partial charge on any atom is 0.322 e. The summed E-state index contributed by atoms with van der Waals surface area (Å²) in [6, 6.07) is 5.06. The number of anilines is 1. The molecule has 8 heteroatoms. The average Bonchev–Trinajstić information content (AvgIpc) is 3.26. The summed E-state index contributed by atoms with van der Waals surface area (Å²) in [4.78, 5) is 26.7. The number of hydrogen-bond donors (Lipinski definition) is 3. The van der Waals surface area contributed by atoms with Crippen LogP contribution in [0.1, 0.15) is 40.4 Å². The van der Waals surface area contributed by atoms with Crippen LogP contribution in [-0.4, -0.2) is 46.0 Å². The number of nitrogens with one attached hydrogen (secondary N) is 2. The van der Waals surface area contributed by atoms with Gasteiger partial charge in [-0.3, -0.25) is 14.4 Å². The first-order valence-electron chi connectivity index (χ1n) is 9.56. The average molecular weight is 383 g/mol. The van der Waals surface area contributed by atoms with Crippen LogP contribution in [0.4, 0.5) is 10.5 Å². The second-order valence-electron chi connectivity index (χ2n) is 7.67. The molecule has 1 aliphatic carbocycles. The minimum absolute atomic E-state index is 0.141. The van der Waals surface area contributed by atoms with Gasteiger partial charge in [0.05, 0.1) is 18.3 Å². The van der Waals surface area contributed by atoms with Crippen molar-refractivity contribution >= 4 is 17.6 Å². The lowest BCUT2D eigenvalue weighted by Gasteiger charge is -2.37. The molecule has 1 aromatic carbocycles. The molecule has 8 nitrogen and oxygen atoms in total. The third kappa shape index (κ3) is 3.47. The Morgan fingerprint density at radius 2 is 2.18 bits per heavy atom. The maximum atomic E-state index is 13.0. The van der Waals surface area contributed by atoms with Gasteiger partial charge in [-0.25, -0.2) is 4.79 Å². The Morgan fingerprint density at radius 3 is 2.79 bits per heavy atom. The molecule has 1 atom stereocenters. The predicted molar refractivity (Wildman–Crippen MR) is 104 cm³/mol. The number of rotatable bonds is 5. The first kappa shape index (κ1) is 18.5. The van der Waals surface area contributed by atoms with Crippen LogP contribution in [0, 0.1) is 12.8 Å². The smallest absolute Gasteiger partial charge is 0.322 e. The molecule has 148 valence electrons. The van der Waals surface area contributed by atoms with E-state index in [9.17, 15) is 14.7 Å². The second-order valence-corrected chi connectivity index (χ2v) is 7.67. The summed E-state index contributed by atoms with van der Waals surface area (Å²) in [5.74, 6) is -0.0199. The normalized spacial score (nSPS) is 22.5. The van der Waals surface area contributed by atoms with E-state index in [1.807, 2.05) is 26.2 Å². The van der Waals surface area contributed by atoms with Crippen molar-refractivity contribution in [1.82, 2.24) is 20.4 Å². The number of urea groups is 1. The van der Waals surface area contributed by atoms with Crippen molar-refractivity contribution in [3.8, 4) is 0 Å². The minimum Gasteiger partial charge on any atom is -0.393 e. The fourth-order valence-corrected chi connectivity index (χ4v) is 3.94. The van der Waals surface area contributed by atoms with Crippen molar-refractivity contribution in [2.24, 2.45) is 13.0 Å². The van der Waals surface area contributed by atoms with Crippen LogP contribution in [-0.2, 0) is 7.05 Å². The lowest BCUT2D eigenvalue weighted by atomic mass is 9.75. The van der Waals surface area contributed by atoms with Crippen molar-refractivity contribution in [1.29, 1.82) is 0 Å². The highest BCUT2D eigenvalue weighted by atomic mass is 16.3. The number of aryl methyl sites for hydroxylation is 2. The molecule has 2 fully saturated rings. The molecule has 3 amide bonds. The Kier molecular flexibility index (Phi) is 4.80. The van der Waals surface area contributed by atoms with Gasteiger partial charge in [0.25, 0.3) is 5.91 Å². The molecule has 1 aromatic heterocycles. The Bertz CT molecular complexity index is 903. The van der Waals surface area contributed by atoms with Gasteiger partial charge in [-0.05, 0) is 43.4 Å². The minimum atomic E-state index is -0.305. The van der Waals surface area contributed by atoms with E-state index in [1.54, 1.807) is 27.9 Å². The molecule has 1 saturated carbocycles. The third-order valence-electron chi connectivity index (χ3n) is 5.61. The summed E-state index contributed by atoms with van der Waals surface area (Å²) in [6.45, 7) is 3.11. The molecule has 1 aliphatic heterocycles. The van der Waals surface area contributed by atoms with Gasteiger partial charge >= 0.3 is 6.03 Å². The SMILES string of the molecule is Cc1ccc(C(=O)N[C@@H](c2cnn(C)c2)C2CC(O)C2)cc1N1CCNC1=O. The molecule has 28 heavy (non-hydrogen) atoms. The van der Waals surface area contributed by atoms with Gasteiger partial charge in [0.2, 0.25) is 0 Å². The molecule has 2 aliphatic rings. The summed E-state index contributed by atoms with van der Waals surface area (Å²) in [6.07, 6.45) is 4.66. The van der Waals surface area contributed by atoms with E-state index in [0.717, 1.165) is 16.8 Å². The molecule has 0 unspecified atom stereocenters. The quantitative estimate of drug-likeness (QED) is 0.729. The molecular weight excluding hydrogens is 358 g/mol. The first-order valence-corrected chi connectivity index (χ1v) is 9.56. The molecule has 0 bridgehead atoms. The van der Waals surface area contributed by atoms with Gasteiger partial charge in [-0.2, -0.15) is 5.10 Å². The third-order valence-corrected chi connectivity index (χ3v) is 5.61. The number of benzene rings is 1. The van der Waals surface area contributed by atoms with Gasteiger partial charge in [0.15, 0.2) is 0 Å². The molecular formula is C20H25N5O3. The number of carbonyl (C=O) groups excluding carboxylic acids is 2. The van der Waals surface area contributed by atoms with Gasteiger partial charge < -0.3 is 15.7 Å². The lowest BCUT2D eigenvalue weighted by Crippen LogP contribution is -2.41. The van der Waals surface area contributed by atoms with Crippen LogP contribution in [0.15, 0.2) is 30.6 Å². The zero-order valence-corrected chi connectivity index (χ0v) is 16.1. The highest BCUT2D eigenvalue weighted by Crippen LogP contribution is 2.38. The largest absolute Gasteiger partial charge is 0.393 e. The van der Waals surface area contributed by atoms with E-state index in [1.165, 1.54) is 0 Å². The number of aliphatic hydroxyl groups excluding tert-OH is 1. The Hall–Kier alpha value is -2.87. The molecule has 4 rings (SSSR count). The highest BCUT2D eigenvalue weighted by Gasteiger charge is 2.36. The second kappa shape index (κ2) is 7.27. The van der Waals surface area contributed by atoms with Gasteiger partial charge in [-0.1, -0.05) is 6.07 Å². The van der Waals surface area contributed by atoms with Crippen molar-refractivity contribution < 1.29 is 14.7 Å². The number of aromatic nitrogens is 2. The molecule has 1 saturated heterocycles. The van der Waals surface area contributed by atoms with Crippen LogP contribution < -0.4 is 15.5 Å². The first-order chi connectivity index (χ1) is 13.4. The number of aliphatic hydroxyl groups is 1. The van der Waals surface area contributed by atoms with Crippen LogP contribution >= 0.6 is 0 Å². The van der Waals surface area contributed by atoms with E-state index in [4.69, 9.17) is 0 Å². The van der Waals surface area contributed by atoms with Crippen molar-refractivity contribution in [3.05, 3.63) is 47.3 Å². The molecule has 2 heterocycles. The number of carbonyl (C=O) groups is 2. The van der Waals surface area contributed by atoms with Gasteiger partial charge in [0.1, 0.15) is 0 Å². The standard InChI is InChI=1S/C20H25N5O3/c1-12-3-4-13(9-17(12)25-6-5-21-20(25)28)19(27)23-18(14-7-16(26)8-14)15-10-22-24(2)11-15/h3-4,9-11,14,16,18,26H,5-8H2,1-2H3,(H,21,28)(H,23,27)/t14?,16?,18-/m1/s1. The van der Waals surface area contributed by atoms with Crippen molar-refractivity contribution in [2.45, 2.75) is 31.9 Å². The number of nitrogens with zero attached hydrogens (tertiary/aromatic N) is 3. The Balaban J connectivity index is 1.57. The number of amides is 3. The van der Waals surface area contributed by atoms with Crippen LogP contribution in [0.3, 0.4) is 0 Å². The maximum absolute atomic E-state index is 13.0. The van der Waals surface area contributed by atoms with Crippen LogP contribution in [0.25, 0.3) is 0 Å². The monoisotopic (exact) mass is 383 g/mol. The van der Waals surface area contributed by atoms with E-state index in [0.29, 0.717) is 31.5 Å². The van der Waals surface area contributed by atoms with Crippen molar-refractivity contribution in [3.63, 3.8) is 0 Å². The van der Waals surface area contributed by atoms with Crippen molar-refractivity contribution in [2.75, 3.05) is 18.0 Å². The van der Waals surface area contributed by atoms with Crippen LogP contribution in [0.2, 0.25) is 0 Å². The lowest BCUT2D eigenvalue weighted by molar-refractivity contribution is 0.0235. The summed E-state index contributed by atoms with van der Waals surface area (Å²) >= 11 is 0. The molecule has 2 aromatic rings. The Morgan fingerprint density at radius 1 is 1.39 bits per heavy atom. The van der Waals surface area contributed by atoms with E-state index in [2.05, 4.69) is 15.7 Å². The Labute approximate surface area is 163 Å². The van der Waals surface area contributed by atoms with Crippen LogP contribution in [0.5, 0.6) is 0 Å². The summed E-state index contributed by atoms with van der Waals surface area (Å²) in [5.41, 5.74) is 3.13. The zero-order valence-electron chi connectivity index (χ0n) is 16.1. The summed E-state index contributed by atoms with van der Waals surface area (Å²) in [5, 5.41) is 19.8. The topological polar surface area (TPSA) is 99.5 Å².